The Balaban J connectivity index is 1.91. The summed E-state index contributed by atoms with van der Waals surface area (Å²) < 4.78 is 0. The van der Waals surface area contributed by atoms with Crippen molar-refractivity contribution < 1.29 is 10.2 Å². The van der Waals surface area contributed by atoms with Crippen molar-refractivity contribution in [1.29, 1.82) is 0 Å². The fourth-order valence-corrected chi connectivity index (χ4v) is 4.35. The topological polar surface area (TPSA) is 66.5 Å². The van der Waals surface area contributed by atoms with Crippen LogP contribution in [0.25, 0.3) is 0 Å². The summed E-state index contributed by atoms with van der Waals surface area (Å²) >= 11 is 0. The van der Waals surface area contributed by atoms with Crippen LogP contribution in [0.1, 0.15) is 32.1 Å². The van der Waals surface area contributed by atoms with Gasteiger partial charge in [0.25, 0.3) is 0 Å². The van der Waals surface area contributed by atoms with Gasteiger partial charge in [0.05, 0.1) is 12.2 Å². The minimum Gasteiger partial charge on any atom is -0.390 e. The van der Waals surface area contributed by atoms with Crippen molar-refractivity contribution in [3.8, 4) is 0 Å². The van der Waals surface area contributed by atoms with Crippen molar-refractivity contribution in [1.82, 2.24) is 0 Å². The zero-order valence-electron chi connectivity index (χ0n) is 8.39. The zero-order valence-corrected chi connectivity index (χ0v) is 8.39. The van der Waals surface area contributed by atoms with E-state index in [2.05, 4.69) is 0 Å². The third kappa shape index (κ3) is 0.930. The van der Waals surface area contributed by atoms with Crippen molar-refractivity contribution in [2.75, 3.05) is 0 Å². The van der Waals surface area contributed by atoms with Crippen molar-refractivity contribution >= 4 is 0 Å². The Morgan fingerprint density at radius 1 is 1.07 bits per heavy atom. The number of hydrogen-bond donors (Lipinski definition) is 3. The Bertz CT molecular complexity index is 242. The lowest BCUT2D eigenvalue weighted by molar-refractivity contribution is 0.0438. The SMILES string of the molecule is N[C@@H]1[C@H]2CC[C@H](C2)C12C[C@H](O)[C@@H](O)C2. The second kappa shape index (κ2) is 2.71. The van der Waals surface area contributed by atoms with Gasteiger partial charge in [-0.3, -0.25) is 0 Å². The van der Waals surface area contributed by atoms with Crippen molar-refractivity contribution in [3.05, 3.63) is 0 Å². The van der Waals surface area contributed by atoms with E-state index in [1.807, 2.05) is 0 Å². The van der Waals surface area contributed by atoms with Gasteiger partial charge in [0.2, 0.25) is 0 Å². The van der Waals surface area contributed by atoms with Crippen LogP contribution in [0.5, 0.6) is 0 Å². The van der Waals surface area contributed by atoms with Crippen LogP contribution in [-0.2, 0) is 0 Å². The molecule has 5 atom stereocenters. The van der Waals surface area contributed by atoms with Crippen LogP contribution < -0.4 is 5.73 Å². The third-order valence-corrected chi connectivity index (χ3v) is 5.08. The summed E-state index contributed by atoms with van der Waals surface area (Å²) in [5, 5.41) is 19.3. The summed E-state index contributed by atoms with van der Waals surface area (Å²) in [4.78, 5) is 0. The molecular weight excluding hydrogens is 178 g/mol. The summed E-state index contributed by atoms with van der Waals surface area (Å²) in [5.41, 5.74) is 6.35. The first-order chi connectivity index (χ1) is 6.63. The highest BCUT2D eigenvalue weighted by Crippen LogP contribution is 2.61. The molecule has 0 heterocycles. The minimum absolute atomic E-state index is 0.0851. The minimum atomic E-state index is -0.527. The molecule has 0 unspecified atom stereocenters. The first-order valence-electron chi connectivity index (χ1n) is 5.75. The molecule has 0 amide bonds. The Morgan fingerprint density at radius 3 is 2.21 bits per heavy atom. The van der Waals surface area contributed by atoms with Gasteiger partial charge >= 0.3 is 0 Å². The molecule has 1 spiro atoms. The number of rotatable bonds is 0. The molecule has 3 saturated carbocycles. The molecule has 2 bridgehead atoms. The van der Waals surface area contributed by atoms with Gasteiger partial charge in [-0.15, -0.1) is 0 Å². The second-order valence-corrected chi connectivity index (χ2v) is 5.57. The van der Waals surface area contributed by atoms with Gasteiger partial charge in [0, 0.05) is 6.04 Å². The van der Waals surface area contributed by atoms with E-state index in [0.717, 1.165) is 12.8 Å². The van der Waals surface area contributed by atoms with Gasteiger partial charge in [-0.2, -0.15) is 0 Å². The van der Waals surface area contributed by atoms with E-state index in [-0.39, 0.29) is 11.5 Å². The second-order valence-electron chi connectivity index (χ2n) is 5.57. The molecule has 3 aliphatic rings. The van der Waals surface area contributed by atoms with Gasteiger partial charge in [0.15, 0.2) is 0 Å². The lowest BCUT2D eigenvalue weighted by atomic mass is 9.69. The van der Waals surface area contributed by atoms with E-state index in [1.54, 1.807) is 0 Å². The Kier molecular flexibility index (Phi) is 1.77. The fourth-order valence-electron chi connectivity index (χ4n) is 4.35. The average Bonchev–Trinajstić information content (AvgIpc) is 2.76. The van der Waals surface area contributed by atoms with E-state index in [4.69, 9.17) is 5.73 Å². The van der Waals surface area contributed by atoms with Crippen LogP contribution >= 0.6 is 0 Å². The van der Waals surface area contributed by atoms with E-state index in [9.17, 15) is 10.2 Å². The molecule has 14 heavy (non-hydrogen) atoms. The summed E-state index contributed by atoms with van der Waals surface area (Å²) in [6.45, 7) is 0. The lowest BCUT2D eigenvalue weighted by Crippen LogP contribution is -2.45. The summed E-state index contributed by atoms with van der Waals surface area (Å²) in [6.07, 6.45) is 4.17. The molecule has 0 saturated heterocycles. The number of hydrogen-bond acceptors (Lipinski definition) is 3. The molecule has 0 aliphatic heterocycles. The Labute approximate surface area is 84.3 Å². The third-order valence-electron chi connectivity index (χ3n) is 5.08. The molecule has 0 radical (unpaired) electrons. The van der Waals surface area contributed by atoms with Crippen molar-refractivity contribution in [3.63, 3.8) is 0 Å². The highest BCUT2D eigenvalue weighted by Gasteiger charge is 2.60. The Hall–Kier alpha value is -0.120. The van der Waals surface area contributed by atoms with E-state index in [1.165, 1.54) is 19.3 Å². The molecule has 3 heteroatoms. The first-order valence-corrected chi connectivity index (χ1v) is 5.75. The van der Waals surface area contributed by atoms with Gasteiger partial charge in [-0.05, 0) is 49.4 Å². The van der Waals surface area contributed by atoms with Gasteiger partial charge in [-0.25, -0.2) is 0 Å². The maximum absolute atomic E-state index is 9.66. The number of aliphatic hydroxyl groups is 2. The smallest absolute Gasteiger partial charge is 0.0805 e. The lowest BCUT2D eigenvalue weighted by Gasteiger charge is -2.39. The molecule has 4 N–H and O–H groups in total. The van der Waals surface area contributed by atoms with E-state index in [0.29, 0.717) is 11.8 Å². The van der Waals surface area contributed by atoms with Crippen LogP contribution in [0, 0.1) is 17.3 Å². The standard InChI is InChI=1S/C11H19NO2/c12-10-6-1-2-7(3-6)11(10)4-8(13)9(14)5-11/h6-10,13-14H,1-5,12H2/t6-,7+,8-,9-,10+/m0/s1. The van der Waals surface area contributed by atoms with Crippen molar-refractivity contribution in [2.45, 2.75) is 50.4 Å². The highest BCUT2D eigenvalue weighted by molar-refractivity contribution is 5.13. The largest absolute Gasteiger partial charge is 0.390 e. The summed E-state index contributed by atoms with van der Waals surface area (Å²) in [5.74, 6) is 1.34. The van der Waals surface area contributed by atoms with Gasteiger partial charge in [0.1, 0.15) is 0 Å². The molecule has 0 aromatic carbocycles. The Morgan fingerprint density at radius 2 is 1.71 bits per heavy atom. The fraction of sp³-hybridized carbons (Fsp3) is 1.00. The van der Waals surface area contributed by atoms with Gasteiger partial charge in [-0.1, -0.05) is 0 Å². The van der Waals surface area contributed by atoms with Crippen molar-refractivity contribution in [2.24, 2.45) is 23.0 Å². The number of aliphatic hydroxyl groups excluding tert-OH is 2. The van der Waals surface area contributed by atoms with E-state index < -0.39 is 12.2 Å². The maximum atomic E-state index is 9.66. The van der Waals surface area contributed by atoms with Crippen LogP contribution in [-0.4, -0.2) is 28.5 Å². The summed E-state index contributed by atoms with van der Waals surface area (Å²) in [7, 11) is 0. The zero-order chi connectivity index (χ0) is 9.92. The maximum Gasteiger partial charge on any atom is 0.0805 e. The average molecular weight is 197 g/mol. The predicted molar refractivity (Wildman–Crippen MR) is 52.5 cm³/mol. The van der Waals surface area contributed by atoms with E-state index >= 15 is 0 Å². The first kappa shape index (κ1) is 9.13. The molecule has 3 nitrogen and oxygen atoms in total. The summed E-state index contributed by atoms with van der Waals surface area (Å²) in [6, 6.07) is 0.230. The molecule has 3 aliphatic carbocycles. The van der Waals surface area contributed by atoms with Gasteiger partial charge < -0.3 is 15.9 Å². The number of nitrogens with two attached hydrogens (primary N) is 1. The molecule has 3 fully saturated rings. The quantitative estimate of drug-likeness (QED) is 0.521. The monoisotopic (exact) mass is 197 g/mol. The van der Waals surface area contributed by atoms with Crippen LogP contribution in [0.2, 0.25) is 0 Å². The molecule has 3 rings (SSSR count). The van der Waals surface area contributed by atoms with Crippen LogP contribution in [0.15, 0.2) is 0 Å². The molecule has 80 valence electrons. The highest BCUT2D eigenvalue weighted by atomic mass is 16.3. The number of fused-ring (bicyclic) bond motifs is 3. The molecule has 0 aromatic heterocycles. The predicted octanol–water partition coefficient (Wildman–Crippen LogP) is 0.246. The van der Waals surface area contributed by atoms with Crippen LogP contribution in [0.4, 0.5) is 0 Å². The molecular formula is C11H19NO2. The normalized spacial score (nSPS) is 54.6. The molecule has 0 aromatic rings. The van der Waals surface area contributed by atoms with Crippen LogP contribution in [0.3, 0.4) is 0 Å².